The number of rotatable bonds is 1. The smallest absolute Gasteiger partial charge is 0.125 e. The molecule has 0 atom stereocenters. The van der Waals surface area contributed by atoms with E-state index < -0.39 is 0 Å². The first-order valence-electron chi connectivity index (χ1n) is 3.61. The second kappa shape index (κ2) is 8.00. The molecule has 1 aromatic rings. The van der Waals surface area contributed by atoms with Crippen LogP contribution in [-0.2, 0) is 4.79 Å². The van der Waals surface area contributed by atoms with E-state index in [1.54, 1.807) is 12.0 Å². The van der Waals surface area contributed by atoms with Crippen LogP contribution >= 0.6 is 0 Å². The molecular formula is C11H9NO. The minimum atomic E-state index is 0.896. The molecule has 0 amide bonds. The van der Waals surface area contributed by atoms with Crippen molar-refractivity contribution in [2.75, 3.05) is 0 Å². The summed E-state index contributed by atoms with van der Waals surface area (Å²) in [5.41, 5.74) is 0.896. The summed E-state index contributed by atoms with van der Waals surface area (Å²) in [6.45, 7) is 3.12. The van der Waals surface area contributed by atoms with Crippen molar-refractivity contribution >= 4 is 12.0 Å². The lowest BCUT2D eigenvalue weighted by atomic mass is 10.2. The third-order valence-corrected chi connectivity index (χ3v) is 1.12. The zero-order valence-corrected chi connectivity index (χ0v) is 7.10. The molecule has 0 fully saturated rings. The highest BCUT2D eigenvalue weighted by Crippen LogP contribution is 1.97. The summed E-state index contributed by atoms with van der Waals surface area (Å²) in [7, 11) is 0. The Kier molecular flexibility index (Phi) is 6.71. The Morgan fingerprint density at radius 3 is 2.23 bits per heavy atom. The van der Waals surface area contributed by atoms with Crippen LogP contribution in [0.2, 0.25) is 0 Å². The molecule has 0 aromatic heterocycles. The molecule has 1 rings (SSSR count). The second-order valence-corrected chi connectivity index (χ2v) is 2.01. The zero-order valence-electron chi connectivity index (χ0n) is 7.10. The monoisotopic (exact) mass is 171 g/mol. The first-order valence-corrected chi connectivity index (χ1v) is 3.61. The van der Waals surface area contributed by atoms with Crippen LogP contribution in [0.15, 0.2) is 43.0 Å². The first kappa shape index (κ1) is 10.9. The molecule has 2 heteroatoms. The Morgan fingerprint density at radius 2 is 1.85 bits per heavy atom. The fourth-order valence-corrected chi connectivity index (χ4v) is 0.617. The van der Waals surface area contributed by atoms with E-state index in [1.165, 1.54) is 12.2 Å². The molecule has 2 nitrogen and oxygen atoms in total. The summed E-state index contributed by atoms with van der Waals surface area (Å²) in [6.07, 6.45) is 2.58. The molecule has 0 unspecified atom stereocenters. The van der Waals surface area contributed by atoms with Crippen LogP contribution in [0, 0.1) is 11.3 Å². The number of allylic oxidation sites excluding steroid dienone is 1. The summed E-state index contributed by atoms with van der Waals surface area (Å²) in [4.78, 5) is 9.79. The van der Waals surface area contributed by atoms with E-state index in [1.807, 2.05) is 30.3 Å². The maximum Gasteiger partial charge on any atom is 0.125 e. The quantitative estimate of drug-likeness (QED) is 0.480. The third-order valence-electron chi connectivity index (χ3n) is 1.12. The van der Waals surface area contributed by atoms with Gasteiger partial charge in [-0.05, 0) is 5.56 Å². The lowest BCUT2D eigenvalue weighted by molar-refractivity contribution is 0.570. The van der Waals surface area contributed by atoms with E-state index in [2.05, 4.69) is 6.58 Å². The Morgan fingerprint density at radius 1 is 1.31 bits per heavy atom. The molecule has 0 N–H and O–H groups in total. The average molecular weight is 171 g/mol. The summed E-state index contributed by atoms with van der Waals surface area (Å²) < 4.78 is 0. The molecule has 13 heavy (non-hydrogen) atoms. The van der Waals surface area contributed by atoms with Gasteiger partial charge in [0.25, 0.3) is 0 Å². The summed E-state index contributed by atoms with van der Waals surface area (Å²) in [5.74, 6) is 1.71. The molecule has 0 spiro atoms. The van der Waals surface area contributed by atoms with Gasteiger partial charge in [0.15, 0.2) is 0 Å². The molecular weight excluding hydrogens is 162 g/mol. The van der Waals surface area contributed by atoms with E-state index in [4.69, 9.17) is 5.26 Å². The van der Waals surface area contributed by atoms with Crippen molar-refractivity contribution in [1.82, 2.24) is 0 Å². The van der Waals surface area contributed by atoms with Crippen LogP contribution in [0.25, 0.3) is 6.08 Å². The SMILES string of the molecule is C=CC#N.O=C=Cc1ccccc1. The van der Waals surface area contributed by atoms with Crippen molar-refractivity contribution in [2.45, 2.75) is 0 Å². The van der Waals surface area contributed by atoms with Crippen LogP contribution in [0.1, 0.15) is 5.56 Å². The maximum absolute atomic E-state index is 9.79. The summed E-state index contributed by atoms with van der Waals surface area (Å²) in [6, 6.07) is 11.1. The fraction of sp³-hybridized carbons (Fsp3) is 0. The molecule has 0 aliphatic carbocycles. The zero-order chi connectivity index (χ0) is 9.94. The molecule has 64 valence electrons. The van der Waals surface area contributed by atoms with E-state index >= 15 is 0 Å². The first-order chi connectivity index (χ1) is 6.35. The van der Waals surface area contributed by atoms with Gasteiger partial charge in [-0.3, -0.25) is 0 Å². The van der Waals surface area contributed by atoms with Crippen LogP contribution in [-0.4, -0.2) is 5.94 Å². The van der Waals surface area contributed by atoms with E-state index in [0.29, 0.717) is 0 Å². The van der Waals surface area contributed by atoms with Crippen LogP contribution in [0.4, 0.5) is 0 Å². The highest BCUT2D eigenvalue weighted by atomic mass is 16.1. The Hall–Kier alpha value is -2.10. The normalized spacial score (nSPS) is 6.69. The van der Waals surface area contributed by atoms with Crippen molar-refractivity contribution in [1.29, 1.82) is 5.26 Å². The van der Waals surface area contributed by atoms with Crippen LogP contribution in [0.3, 0.4) is 0 Å². The van der Waals surface area contributed by atoms with Gasteiger partial charge >= 0.3 is 0 Å². The lowest BCUT2D eigenvalue weighted by Gasteiger charge is -1.83. The molecule has 0 saturated heterocycles. The molecule has 0 bridgehead atoms. The molecule has 0 aliphatic heterocycles. The van der Waals surface area contributed by atoms with E-state index in [9.17, 15) is 4.79 Å². The van der Waals surface area contributed by atoms with Crippen LogP contribution in [0.5, 0.6) is 0 Å². The predicted molar refractivity (Wildman–Crippen MR) is 52.4 cm³/mol. The topological polar surface area (TPSA) is 40.9 Å². The predicted octanol–water partition coefficient (Wildman–Crippen LogP) is 2.23. The van der Waals surface area contributed by atoms with E-state index in [-0.39, 0.29) is 0 Å². The van der Waals surface area contributed by atoms with Gasteiger partial charge in [0.05, 0.1) is 6.07 Å². The van der Waals surface area contributed by atoms with Gasteiger partial charge in [-0.25, -0.2) is 4.79 Å². The number of nitriles is 1. The van der Waals surface area contributed by atoms with Gasteiger partial charge in [-0.2, -0.15) is 5.26 Å². The number of hydrogen-bond acceptors (Lipinski definition) is 2. The molecule has 0 aliphatic rings. The van der Waals surface area contributed by atoms with Crippen molar-refractivity contribution in [3.8, 4) is 6.07 Å². The Balaban J connectivity index is 0.000000310. The average Bonchev–Trinajstić information content (AvgIpc) is 2.20. The highest BCUT2D eigenvalue weighted by molar-refractivity contribution is 5.74. The number of benzene rings is 1. The lowest BCUT2D eigenvalue weighted by Crippen LogP contribution is -1.66. The van der Waals surface area contributed by atoms with Gasteiger partial charge in [0.2, 0.25) is 0 Å². The molecule has 0 saturated carbocycles. The van der Waals surface area contributed by atoms with Crippen LogP contribution < -0.4 is 0 Å². The standard InChI is InChI=1S/C8H6O.C3H3N/c9-7-6-8-4-2-1-3-5-8;1-2-3-4/h1-6H;2H,1H2. The third kappa shape index (κ3) is 6.30. The minimum Gasteiger partial charge on any atom is -0.233 e. The Labute approximate surface area is 77.4 Å². The van der Waals surface area contributed by atoms with Gasteiger partial charge in [0, 0.05) is 12.2 Å². The van der Waals surface area contributed by atoms with Gasteiger partial charge < -0.3 is 0 Å². The highest BCUT2D eigenvalue weighted by Gasteiger charge is 1.78. The summed E-state index contributed by atoms with van der Waals surface area (Å²) in [5, 5.41) is 7.51. The largest absolute Gasteiger partial charge is 0.233 e. The van der Waals surface area contributed by atoms with Gasteiger partial charge in [0.1, 0.15) is 5.94 Å². The number of carbonyl (C=O) groups excluding carboxylic acids is 1. The maximum atomic E-state index is 9.79. The molecule has 1 aromatic carbocycles. The van der Waals surface area contributed by atoms with E-state index in [0.717, 1.165) is 5.56 Å². The molecule has 0 radical (unpaired) electrons. The second-order valence-electron chi connectivity index (χ2n) is 2.01. The molecule has 0 heterocycles. The van der Waals surface area contributed by atoms with Crippen molar-refractivity contribution in [2.24, 2.45) is 0 Å². The van der Waals surface area contributed by atoms with Crippen molar-refractivity contribution in [3.05, 3.63) is 48.6 Å². The van der Waals surface area contributed by atoms with Gasteiger partial charge in [-0.1, -0.05) is 36.9 Å². The minimum absolute atomic E-state index is 0.896. The number of hydrogen-bond donors (Lipinski definition) is 0. The van der Waals surface area contributed by atoms with Gasteiger partial charge in [-0.15, -0.1) is 0 Å². The van der Waals surface area contributed by atoms with Crippen molar-refractivity contribution in [3.63, 3.8) is 0 Å². The Bertz CT molecular complexity index is 329. The number of nitrogens with zero attached hydrogens (tertiary/aromatic N) is 1. The summed E-state index contributed by atoms with van der Waals surface area (Å²) >= 11 is 0. The fourth-order valence-electron chi connectivity index (χ4n) is 0.617. The van der Waals surface area contributed by atoms with Crippen molar-refractivity contribution < 1.29 is 4.79 Å².